The molecule has 0 spiro atoms. The molecule has 1 atom stereocenters. The lowest BCUT2D eigenvalue weighted by Gasteiger charge is -2.24. The average Bonchev–Trinajstić information content (AvgIpc) is 2.73. The average molecular weight is 378 g/mol. The zero-order valence-corrected chi connectivity index (χ0v) is 16.7. The largest absolute Gasteiger partial charge is 0.497 e. The number of rotatable bonds is 7. The van der Waals surface area contributed by atoms with Gasteiger partial charge in [-0.2, -0.15) is 0 Å². The Bertz CT molecular complexity index is 954. The minimum atomic E-state index is -0.270. The highest BCUT2D eigenvalue weighted by molar-refractivity contribution is 5.94. The van der Waals surface area contributed by atoms with Crippen LogP contribution in [0.25, 0.3) is 10.8 Å². The second-order valence-corrected chi connectivity index (χ2v) is 6.86. The summed E-state index contributed by atoms with van der Waals surface area (Å²) in [5.74, 6) is 1.57. The van der Waals surface area contributed by atoms with E-state index in [2.05, 4.69) is 29.6 Å². The first-order chi connectivity index (χ1) is 13.5. The minimum Gasteiger partial charge on any atom is -0.497 e. The summed E-state index contributed by atoms with van der Waals surface area (Å²) in [5, 5.41) is 5.24. The fraction of sp³-hybridized carbons (Fsp3) is 0.261. The smallest absolute Gasteiger partial charge is 0.241 e. The summed E-state index contributed by atoms with van der Waals surface area (Å²) in [4.78, 5) is 14.6. The molecule has 0 heterocycles. The van der Waals surface area contributed by atoms with Crippen molar-refractivity contribution in [3.63, 3.8) is 0 Å². The normalized spacial score (nSPS) is 12.0. The van der Waals surface area contributed by atoms with Gasteiger partial charge in [0.2, 0.25) is 5.91 Å². The third-order valence-electron chi connectivity index (χ3n) is 4.94. The topological polar surface area (TPSA) is 50.8 Å². The Labute approximate surface area is 165 Å². The molecule has 0 radical (unpaired) electrons. The molecule has 0 aliphatic carbocycles. The zero-order valence-electron chi connectivity index (χ0n) is 16.7. The summed E-state index contributed by atoms with van der Waals surface area (Å²) in [7, 11) is 5.24. The maximum atomic E-state index is 12.6. The molecule has 0 aliphatic heterocycles. The van der Waals surface area contributed by atoms with Crippen molar-refractivity contribution in [2.75, 3.05) is 26.6 Å². The van der Waals surface area contributed by atoms with Crippen molar-refractivity contribution in [1.82, 2.24) is 4.90 Å². The van der Waals surface area contributed by atoms with Crippen molar-refractivity contribution >= 4 is 22.4 Å². The van der Waals surface area contributed by atoms with Gasteiger partial charge in [0.15, 0.2) is 0 Å². The Morgan fingerprint density at radius 2 is 1.54 bits per heavy atom. The van der Waals surface area contributed by atoms with E-state index in [1.165, 1.54) is 0 Å². The number of hydrogen-bond donors (Lipinski definition) is 1. The third kappa shape index (κ3) is 4.61. The number of fused-ring (bicyclic) bond motifs is 1. The number of nitrogens with zero attached hydrogens (tertiary/aromatic N) is 1. The number of hydrogen-bond acceptors (Lipinski definition) is 4. The summed E-state index contributed by atoms with van der Waals surface area (Å²) >= 11 is 0. The SMILES string of the molecule is COc1ccc(NC(=O)C(C)N(C)Cc2ccc3cc(OC)ccc3c2)cc1. The Morgan fingerprint density at radius 1 is 0.929 bits per heavy atom. The predicted octanol–water partition coefficient (Wildman–Crippen LogP) is 4.32. The van der Waals surface area contributed by atoms with Crippen molar-refractivity contribution in [3.05, 3.63) is 66.2 Å². The van der Waals surface area contributed by atoms with Crippen LogP contribution in [0.2, 0.25) is 0 Å². The molecule has 0 fully saturated rings. The number of carbonyl (C=O) groups excluding carboxylic acids is 1. The van der Waals surface area contributed by atoms with E-state index in [9.17, 15) is 4.79 Å². The van der Waals surface area contributed by atoms with Gasteiger partial charge in [0.1, 0.15) is 11.5 Å². The number of amides is 1. The van der Waals surface area contributed by atoms with E-state index in [1.807, 2.05) is 55.3 Å². The Kier molecular flexibility index (Phi) is 6.16. The van der Waals surface area contributed by atoms with Gasteiger partial charge < -0.3 is 14.8 Å². The van der Waals surface area contributed by atoms with Crippen molar-refractivity contribution in [2.24, 2.45) is 0 Å². The summed E-state index contributed by atoms with van der Waals surface area (Å²) < 4.78 is 10.4. The van der Waals surface area contributed by atoms with E-state index in [0.717, 1.165) is 33.5 Å². The predicted molar refractivity (Wildman–Crippen MR) is 113 cm³/mol. The lowest BCUT2D eigenvalue weighted by Crippen LogP contribution is -2.39. The molecule has 5 heteroatoms. The van der Waals surface area contributed by atoms with Crippen LogP contribution >= 0.6 is 0 Å². The van der Waals surface area contributed by atoms with Crippen LogP contribution in [0, 0.1) is 0 Å². The van der Waals surface area contributed by atoms with E-state index in [4.69, 9.17) is 9.47 Å². The number of likely N-dealkylation sites (N-methyl/N-ethyl adjacent to an activating group) is 1. The molecular weight excluding hydrogens is 352 g/mol. The summed E-state index contributed by atoms with van der Waals surface area (Å²) in [6, 6.07) is 19.4. The van der Waals surface area contributed by atoms with Crippen LogP contribution < -0.4 is 14.8 Å². The van der Waals surface area contributed by atoms with Crippen LogP contribution in [-0.2, 0) is 11.3 Å². The molecule has 3 aromatic rings. The third-order valence-corrected chi connectivity index (χ3v) is 4.94. The van der Waals surface area contributed by atoms with Crippen LogP contribution in [0.15, 0.2) is 60.7 Å². The van der Waals surface area contributed by atoms with Gasteiger partial charge in [0, 0.05) is 12.2 Å². The fourth-order valence-electron chi connectivity index (χ4n) is 3.04. The quantitative estimate of drug-likeness (QED) is 0.665. The van der Waals surface area contributed by atoms with E-state index in [1.54, 1.807) is 14.2 Å². The number of nitrogens with one attached hydrogen (secondary N) is 1. The highest BCUT2D eigenvalue weighted by Crippen LogP contribution is 2.23. The van der Waals surface area contributed by atoms with Gasteiger partial charge in [-0.1, -0.05) is 18.2 Å². The van der Waals surface area contributed by atoms with Gasteiger partial charge >= 0.3 is 0 Å². The van der Waals surface area contributed by atoms with E-state index in [-0.39, 0.29) is 11.9 Å². The molecule has 0 aromatic heterocycles. The molecule has 1 N–H and O–H groups in total. The Balaban J connectivity index is 1.64. The molecule has 1 unspecified atom stereocenters. The second kappa shape index (κ2) is 8.76. The first-order valence-electron chi connectivity index (χ1n) is 9.22. The first kappa shape index (κ1) is 19.7. The standard InChI is InChI=1S/C23H26N2O3/c1-16(23(26)24-20-8-11-21(27-3)12-9-20)25(2)15-17-5-6-19-14-22(28-4)10-7-18(19)13-17/h5-14,16H,15H2,1-4H3,(H,24,26). The molecule has 3 rings (SSSR count). The van der Waals surface area contributed by atoms with Crippen molar-refractivity contribution in [3.8, 4) is 11.5 Å². The molecule has 0 bridgehead atoms. The molecule has 0 saturated carbocycles. The molecule has 1 amide bonds. The summed E-state index contributed by atoms with van der Waals surface area (Å²) in [5.41, 5.74) is 1.91. The van der Waals surface area contributed by atoms with Gasteiger partial charge in [0.05, 0.1) is 20.3 Å². The van der Waals surface area contributed by atoms with Gasteiger partial charge in [0.25, 0.3) is 0 Å². The molecule has 0 aliphatic rings. The molecule has 5 nitrogen and oxygen atoms in total. The van der Waals surface area contributed by atoms with Crippen LogP contribution in [0.3, 0.4) is 0 Å². The lowest BCUT2D eigenvalue weighted by atomic mass is 10.1. The summed E-state index contributed by atoms with van der Waals surface area (Å²) in [6.45, 7) is 2.59. The minimum absolute atomic E-state index is 0.0433. The van der Waals surface area contributed by atoms with Crippen LogP contribution in [0.1, 0.15) is 12.5 Å². The number of anilines is 1. The second-order valence-electron chi connectivity index (χ2n) is 6.86. The fourth-order valence-corrected chi connectivity index (χ4v) is 3.04. The van der Waals surface area contributed by atoms with Crippen LogP contribution in [0.5, 0.6) is 11.5 Å². The lowest BCUT2D eigenvalue weighted by molar-refractivity contribution is -0.120. The maximum Gasteiger partial charge on any atom is 0.241 e. The number of carbonyl (C=O) groups is 1. The van der Waals surface area contributed by atoms with Crippen molar-refractivity contribution < 1.29 is 14.3 Å². The molecule has 146 valence electrons. The monoisotopic (exact) mass is 378 g/mol. The summed E-state index contributed by atoms with van der Waals surface area (Å²) in [6.07, 6.45) is 0. The van der Waals surface area contributed by atoms with Gasteiger partial charge in [-0.05, 0) is 72.8 Å². The van der Waals surface area contributed by atoms with Crippen molar-refractivity contribution in [2.45, 2.75) is 19.5 Å². The van der Waals surface area contributed by atoms with E-state index < -0.39 is 0 Å². The number of methoxy groups -OCH3 is 2. The van der Waals surface area contributed by atoms with E-state index >= 15 is 0 Å². The van der Waals surface area contributed by atoms with Crippen LogP contribution in [0.4, 0.5) is 5.69 Å². The molecule has 28 heavy (non-hydrogen) atoms. The van der Waals surface area contributed by atoms with Gasteiger partial charge in [-0.25, -0.2) is 0 Å². The Morgan fingerprint density at radius 3 is 2.21 bits per heavy atom. The number of ether oxygens (including phenoxy) is 2. The molecule has 0 saturated heterocycles. The van der Waals surface area contributed by atoms with Gasteiger partial charge in [-0.3, -0.25) is 9.69 Å². The number of benzene rings is 3. The van der Waals surface area contributed by atoms with Crippen LogP contribution in [-0.4, -0.2) is 38.1 Å². The molecular formula is C23H26N2O3. The van der Waals surface area contributed by atoms with E-state index in [0.29, 0.717) is 6.54 Å². The van der Waals surface area contributed by atoms with Crippen molar-refractivity contribution in [1.29, 1.82) is 0 Å². The van der Waals surface area contributed by atoms with Gasteiger partial charge in [-0.15, -0.1) is 0 Å². The highest BCUT2D eigenvalue weighted by atomic mass is 16.5. The zero-order chi connectivity index (χ0) is 20.1. The highest BCUT2D eigenvalue weighted by Gasteiger charge is 2.18. The first-order valence-corrected chi connectivity index (χ1v) is 9.22. The Hall–Kier alpha value is -3.05. The maximum absolute atomic E-state index is 12.6. The molecule has 3 aromatic carbocycles.